The molecule has 0 bridgehead atoms. The summed E-state index contributed by atoms with van der Waals surface area (Å²) in [4.78, 5) is 0. The monoisotopic (exact) mass is 263 g/mol. The Hall–Kier alpha value is -2.30. The molecule has 19 heavy (non-hydrogen) atoms. The van der Waals surface area contributed by atoms with Crippen LogP contribution in [0.1, 0.15) is 5.56 Å². The quantitative estimate of drug-likeness (QED) is 0.645. The molecule has 1 aromatic heterocycles. The number of fused-ring (bicyclic) bond motifs is 1. The minimum absolute atomic E-state index is 0.133. The Morgan fingerprint density at radius 2 is 1.68 bits per heavy atom. The van der Waals surface area contributed by atoms with E-state index in [2.05, 4.69) is 5.16 Å². The Morgan fingerprint density at radius 1 is 0.947 bits per heavy atom. The van der Waals surface area contributed by atoms with Crippen molar-refractivity contribution in [1.82, 2.24) is 5.16 Å². The van der Waals surface area contributed by atoms with Crippen LogP contribution in [0.3, 0.4) is 0 Å². The van der Waals surface area contributed by atoms with E-state index in [1.54, 1.807) is 0 Å². The van der Waals surface area contributed by atoms with Crippen LogP contribution in [0.25, 0.3) is 22.2 Å². The number of aromatic nitrogens is 1. The third-order valence-corrected chi connectivity index (χ3v) is 2.85. The topological polar surface area (TPSA) is 26.0 Å². The van der Waals surface area contributed by atoms with E-state index in [1.165, 1.54) is 6.07 Å². The van der Waals surface area contributed by atoms with Crippen molar-refractivity contribution < 1.29 is 17.7 Å². The molecule has 0 amide bonds. The first-order valence-corrected chi connectivity index (χ1v) is 5.58. The predicted molar refractivity (Wildman–Crippen MR) is 64.4 cm³/mol. The van der Waals surface area contributed by atoms with Gasteiger partial charge in [-0.15, -0.1) is 0 Å². The van der Waals surface area contributed by atoms with Crippen LogP contribution >= 0.6 is 0 Å². The fraction of sp³-hybridized carbons (Fsp3) is 0.0714. The molecule has 3 aromatic rings. The summed E-state index contributed by atoms with van der Waals surface area (Å²) < 4.78 is 42.7. The number of benzene rings is 2. The molecular formula is C14H8F3NO. The van der Waals surface area contributed by atoms with Crippen LogP contribution < -0.4 is 0 Å². The second kappa shape index (κ2) is 4.12. The molecule has 0 spiro atoms. The van der Waals surface area contributed by atoms with Crippen molar-refractivity contribution in [1.29, 1.82) is 0 Å². The molecule has 0 aliphatic carbocycles. The first-order chi connectivity index (χ1) is 9.05. The molecule has 0 saturated carbocycles. The van der Waals surface area contributed by atoms with Crippen LogP contribution in [-0.2, 0) is 6.18 Å². The van der Waals surface area contributed by atoms with Gasteiger partial charge in [-0.2, -0.15) is 13.2 Å². The standard InChI is InChI=1S/C14H8F3NO/c15-14(16,17)10-6-7-11-12(8-10)19-18-13(11)9-4-2-1-3-5-9/h1-8H. The highest BCUT2D eigenvalue weighted by Crippen LogP contribution is 2.34. The molecule has 0 aliphatic rings. The van der Waals surface area contributed by atoms with Gasteiger partial charge < -0.3 is 4.52 Å². The molecule has 3 rings (SSSR count). The van der Waals surface area contributed by atoms with E-state index in [1.807, 2.05) is 30.3 Å². The molecule has 0 fully saturated rings. The normalized spacial score (nSPS) is 11.9. The first kappa shape index (κ1) is 11.8. The number of nitrogens with zero attached hydrogens (tertiary/aromatic N) is 1. The summed E-state index contributed by atoms with van der Waals surface area (Å²) in [6.07, 6.45) is -4.38. The third kappa shape index (κ3) is 2.07. The van der Waals surface area contributed by atoms with Gasteiger partial charge in [0.25, 0.3) is 0 Å². The van der Waals surface area contributed by atoms with Crippen LogP contribution in [0.5, 0.6) is 0 Å². The van der Waals surface area contributed by atoms with Gasteiger partial charge in [-0.05, 0) is 18.2 Å². The molecule has 2 aromatic carbocycles. The van der Waals surface area contributed by atoms with Gasteiger partial charge in [0.05, 0.1) is 5.56 Å². The summed E-state index contributed by atoms with van der Waals surface area (Å²) in [5.41, 5.74) is 0.745. The second-order valence-corrected chi connectivity index (χ2v) is 4.11. The summed E-state index contributed by atoms with van der Waals surface area (Å²) in [5.74, 6) is 0. The maximum Gasteiger partial charge on any atom is 0.416 e. The number of hydrogen-bond acceptors (Lipinski definition) is 2. The van der Waals surface area contributed by atoms with Crippen molar-refractivity contribution in [2.45, 2.75) is 6.18 Å². The predicted octanol–water partition coefficient (Wildman–Crippen LogP) is 4.51. The van der Waals surface area contributed by atoms with Gasteiger partial charge in [0.15, 0.2) is 5.58 Å². The van der Waals surface area contributed by atoms with E-state index >= 15 is 0 Å². The van der Waals surface area contributed by atoms with Gasteiger partial charge in [-0.1, -0.05) is 35.5 Å². The van der Waals surface area contributed by atoms with E-state index in [0.717, 1.165) is 17.7 Å². The van der Waals surface area contributed by atoms with Gasteiger partial charge in [-0.25, -0.2) is 0 Å². The maximum atomic E-state index is 12.6. The average molecular weight is 263 g/mol. The summed E-state index contributed by atoms with van der Waals surface area (Å²) in [6.45, 7) is 0. The molecule has 0 N–H and O–H groups in total. The lowest BCUT2D eigenvalue weighted by molar-refractivity contribution is -0.137. The van der Waals surface area contributed by atoms with E-state index in [9.17, 15) is 13.2 Å². The lowest BCUT2D eigenvalue weighted by Crippen LogP contribution is -2.03. The fourth-order valence-electron chi connectivity index (χ4n) is 1.92. The highest BCUT2D eigenvalue weighted by molar-refractivity contribution is 5.91. The molecule has 0 atom stereocenters. The van der Waals surface area contributed by atoms with Crippen LogP contribution in [0.2, 0.25) is 0 Å². The minimum atomic E-state index is -4.38. The van der Waals surface area contributed by atoms with Crippen molar-refractivity contribution >= 4 is 11.0 Å². The van der Waals surface area contributed by atoms with Crippen molar-refractivity contribution in [2.75, 3.05) is 0 Å². The van der Waals surface area contributed by atoms with Crippen LogP contribution in [0, 0.1) is 0 Å². The Kier molecular flexibility index (Phi) is 2.55. The molecule has 0 aliphatic heterocycles. The molecule has 1 heterocycles. The lowest BCUT2D eigenvalue weighted by Gasteiger charge is -2.05. The maximum absolute atomic E-state index is 12.6. The van der Waals surface area contributed by atoms with Gasteiger partial charge >= 0.3 is 6.18 Å². The molecule has 5 heteroatoms. The largest absolute Gasteiger partial charge is 0.416 e. The minimum Gasteiger partial charge on any atom is -0.356 e. The van der Waals surface area contributed by atoms with Gasteiger partial charge in [0, 0.05) is 10.9 Å². The summed E-state index contributed by atoms with van der Waals surface area (Å²) in [5, 5.41) is 4.42. The Bertz CT molecular complexity index is 716. The summed E-state index contributed by atoms with van der Waals surface area (Å²) >= 11 is 0. The zero-order chi connectivity index (χ0) is 13.5. The van der Waals surface area contributed by atoms with E-state index < -0.39 is 11.7 Å². The van der Waals surface area contributed by atoms with Crippen molar-refractivity contribution in [3.05, 3.63) is 54.1 Å². The van der Waals surface area contributed by atoms with E-state index in [0.29, 0.717) is 11.1 Å². The average Bonchev–Trinajstić information content (AvgIpc) is 2.81. The van der Waals surface area contributed by atoms with Crippen molar-refractivity contribution in [2.24, 2.45) is 0 Å². The molecule has 0 saturated heterocycles. The van der Waals surface area contributed by atoms with Gasteiger partial charge in [0.2, 0.25) is 0 Å². The number of halogens is 3. The second-order valence-electron chi connectivity index (χ2n) is 4.11. The van der Waals surface area contributed by atoms with Crippen LogP contribution in [0.4, 0.5) is 13.2 Å². The van der Waals surface area contributed by atoms with Crippen molar-refractivity contribution in [3.63, 3.8) is 0 Å². The summed E-state index contributed by atoms with van der Waals surface area (Å²) in [6, 6.07) is 12.6. The highest BCUT2D eigenvalue weighted by Gasteiger charge is 2.31. The number of alkyl halides is 3. The molecule has 96 valence electrons. The van der Waals surface area contributed by atoms with Crippen LogP contribution in [0.15, 0.2) is 53.1 Å². The fourth-order valence-corrected chi connectivity index (χ4v) is 1.92. The Balaban J connectivity index is 2.16. The number of hydrogen-bond donors (Lipinski definition) is 0. The third-order valence-electron chi connectivity index (χ3n) is 2.85. The lowest BCUT2D eigenvalue weighted by atomic mass is 10.1. The first-order valence-electron chi connectivity index (χ1n) is 5.58. The summed E-state index contributed by atoms with van der Waals surface area (Å²) in [7, 11) is 0. The zero-order valence-corrected chi connectivity index (χ0v) is 9.61. The van der Waals surface area contributed by atoms with E-state index in [-0.39, 0.29) is 5.58 Å². The van der Waals surface area contributed by atoms with Crippen LogP contribution in [-0.4, -0.2) is 5.16 Å². The molecule has 0 radical (unpaired) electrons. The Morgan fingerprint density at radius 3 is 2.37 bits per heavy atom. The SMILES string of the molecule is FC(F)(F)c1ccc2c(-c3ccccc3)noc2c1. The molecule has 2 nitrogen and oxygen atoms in total. The molecular weight excluding hydrogens is 255 g/mol. The number of rotatable bonds is 1. The van der Waals surface area contributed by atoms with Crippen molar-refractivity contribution in [3.8, 4) is 11.3 Å². The molecule has 0 unspecified atom stereocenters. The highest BCUT2D eigenvalue weighted by atomic mass is 19.4. The smallest absolute Gasteiger partial charge is 0.356 e. The van der Waals surface area contributed by atoms with Gasteiger partial charge in [0.1, 0.15) is 5.69 Å². The Labute approximate surface area is 106 Å². The van der Waals surface area contributed by atoms with Gasteiger partial charge in [-0.3, -0.25) is 0 Å². The zero-order valence-electron chi connectivity index (χ0n) is 9.61. The van der Waals surface area contributed by atoms with E-state index in [4.69, 9.17) is 4.52 Å².